The summed E-state index contributed by atoms with van der Waals surface area (Å²) in [5.41, 5.74) is 0.919. The van der Waals surface area contributed by atoms with Crippen LogP contribution in [-0.2, 0) is 25.7 Å². The first-order valence-corrected chi connectivity index (χ1v) is 6.85. The van der Waals surface area contributed by atoms with Crippen LogP contribution < -0.4 is 0 Å². The zero-order valence-corrected chi connectivity index (χ0v) is 12.0. The predicted molar refractivity (Wildman–Crippen MR) is 80.4 cm³/mol. The second-order valence-electron chi connectivity index (χ2n) is 4.32. The Kier molecular flexibility index (Phi) is 8.29. The molecule has 1 aromatic carbocycles. The van der Waals surface area contributed by atoms with Gasteiger partial charge in [0.1, 0.15) is 6.61 Å². The molecule has 0 aromatic heterocycles. The van der Waals surface area contributed by atoms with E-state index in [1.54, 1.807) is 12.2 Å². The molecule has 0 aliphatic carbocycles. The van der Waals surface area contributed by atoms with E-state index in [9.17, 15) is 9.59 Å². The molecule has 0 unspecified atom stereocenters. The number of carbonyl (C=O) groups excluding carboxylic acids is 2. The molecular weight excluding hydrogens is 268 g/mol. The van der Waals surface area contributed by atoms with Crippen LogP contribution in [0.25, 0.3) is 0 Å². The van der Waals surface area contributed by atoms with Crippen molar-refractivity contribution < 1.29 is 19.1 Å². The molecule has 112 valence electrons. The maximum absolute atomic E-state index is 11.5. The zero-order chi connectivity index (χ0) is 15.3. The van der Waals surface area contributed by atoms with E-state index in [0.717, 1.165) is 5.56 Å². The lowest BCUT2D eigenvalue weighted by molar-refractivity contribution is -0.151. The molecule has 0 saturated carbocycles. The number of rotatable bonds is 9. The standard InChI is InChI=1S/C17H20O4/c1-2-3-4-8-13-20-16(18)11-12-17(19)21-14-15-9-6-5-7-10-15/h2-7,9-10H,1,8,11-14H2/b4-3+. The summed E-state index contributed by atoms with van der Waals surface area (Å²) in [6.07, 6.45) is 6.01. The van der Waals surface area contributed by atoms with Crippen molar-refractivity contribution >= 4 is 11.9 Å². The average molecular weight is 288 g/mol. The van der Waals surface area contributed by atoms with Crippen LogP contribution in [0.15, 0.2) is 55.1 Å². The lowest BCUT2D eigenvalue weighted by Gasteiger charge is -2.05. The van der Waals surface area contributed by atoms with Crippen LogP contribution in [0, 0.1) is 0 Å². The number of benzene rings is 1. The zero-order valence-electron chi connectivity index (χ0n) is 12.0. The molecule has 0 heterocycles. The molecule has 1 rings (SSSR count). The third-order valence-electron chi connectivity index (χ3n) is 2.60. The van der Waals surface area contributed by atoms with Gasteiger partial charge >= 0.3 is 11.9 Å². The lowest BCUT2D eigenvalue weighted by atomic mass is 10.2. The van der Waals surface area contributed by atoms with Gasteiger partial charge in [0, 0.05) is 0 Å². The Morgan fingerprint density at radius 1 is 1.05 bits per heavy atom. The normalized spacial score (nSPS) is 10.3. The van der Waals surface area contributed by atoms with Crippen molar-refractivity contribution in [2.24, 2.45) is 0 Å². The van der Waals surface area contributed by atoms with Crippen LogP contribution >= 0.6 is 0 Å². The molecule has 0 bridgehead atoms. The molecule has 0 amide bonds. The monoisotopic (exact) mass is 288 g/mol. The smallest absolute Gasteiger partial charge is 0.306 e. The topological polar surface area (TPSA) is 52.6 Å². The summed E-state index contributed by atoms with van der Waals surface area (Å²) >= 11 is 0. The molecule has 0 aliphatic heterocycles. The first kappa shape index (κ1) is 16.7. The van der Waals surface area contributed by atoms with Crippen molar-refractivity contribution in [1.82, 2.24) is 0 Å². The molecule has 0 radical (unpaired) electrons. The van der Waals surface area contributed by atoms with Gasteiger partial charge < -0.3 is 9.47 Å². The van der Waals surface area contributed by atoms with Gasteiger partial charge in [-0.1, -0.05) is 55.1 Å². The van der Waals surface area contributed by atoms with E-state index in [-0.39, 0.29) is 19.4 Å². The van der Waals surface area contributed by atoms with E-state index in [1.165, 1.54) is 0 Å². The second-order valence-corrected chi connectivity index (χ2v) is 4.32. The molecule has 0 aliphatic rings. The van der Waals surface area contributed by atoms with Crippen LogP contribution in [0.5, 0.6) is 0 Å². The third kappa shape index (κ3) is 8.42. The van der Waals surface area contributed by atoms with E-state index < -0.39 is 11.9 Å². The summed E-state index contributed by atoms with van der Waals surface area (Å²) in [6.45, 7) is 4.07. The highest BCUT2D eigenvalue weighted by Gasteiger charge is 2.09. The Morgan fingerprint density at radius 3 is 2.38 bits per heavy atom. The first-order chi connectivity index (χ1) is 10.2. The summed E-state index contributed by atoms with van der Waals surface area (Å²) in [6, 6.07) is 9.39. The fourth-order valence-corrected chi connectivity index (χ4v) is 1.52. The fraction of sp³-hybridized carbons (Fsp3) is 0.294. The van der Waals surface area contributed by atoms with Gasteiger partial charge in [-0.15, -0.1) is 0 Å². The SMILES string of the molecule is C=C/C=C/CCOC(=O)CCC(=O)OCc1ccccc1. The minimum atomic E-state index is -0.401. The quantitative estimate of drug-likeness (QED) is 0.398. The lowest BCUT2D eigenvalue weighted by Crippen LogP contribution is -2.10. The molecule has 1 aromatic rings. The molecule has 0 fully saturated rings. The number of allylic oxidation sites excluding steroid dienone is 2. The van der Waals surface area contributed by atoms with E-state index in [1.807, 2.05) is 36.4 Å². The van der Waals surface area contributed by atoms with Gasteiger partial charge in [0.15, 0.2) is 0 Å². The molecule has 0 saturated heterocycles. The highest BCUT2D eigenvalue weighted by molar-refractivity contribution is 5.77. The van der Waals surface area contributed by atoms with Crippen LogP contribution in [0.2, 0.25) is 0 Å². The fourth-order valence-electron chi connectivity index (χ4n) is 1.52. The van der Waals surface area contributed by atoms with Crippen molar-refractivity contribution in [3.63, 3.8) is 0 Å². The number of hydrogen-bond acceptors (Lipinski definition) is 4. The van der Waals surface area contributed by atoms with Crippen LogP contribution in [0.3, 0.4) is 0 Å². The highest BCUT2D eigenvalue weighted by Crippen LogP contribution is 2.03. The molecule has 4 heteroatoms. The second kappa shape index (κ2) is 10.4. The van der Waals surface area contributed by atoms with E-state index in [2.05, 4.69) is 6.58 Å². The summed E-state index contributed by atoms with van der Waals surface area (Å²) in [5, 5.41) is 0. The summed E-state index contributed by atoms with van der Waals surface area (Å²) in [7, 11) is 0. The van der Waals surface area contributed by atoms with E-state index in [4.69, 9.17) is 9.47 Å². The van der Waals surface area contributed by atoms with Gasteiger partial charge in [0.05, 0.1) is 19.4 Å². The average Bonchev–Trinajstić information content (AvgIpc) is 2.51. The number of ether oxygens (including phenoxy) is 2. The molecule has 0 spiro atoms. The predicted octanol–water partition coefficient (Wildman–Crippen LogP) is 3.19. The Bertz CT molecular complexity index is 477. The molecule has 4 nitrogen and oxygen atoms in total. The number of carbonyl (C=O) groups is 2. The Morgan fingerprint density at radius 2 is 1.71 bits per heavy atom. The minimum absolute atomic E-state index is 0.0359. The van der Waals surface area contributed by atoms with Gasteiger partial charge in [-0.2, -0.15) is 0 Å². The summed E-state index contributed by atoms with van der Waals surface area (Å²) in [4.78, 5) is 22.9. The number of hydrogen-bond donors (Lipinski definition) is 0. The van der Waals surface area contributed by atoms with Gasteiger partial charge in [-0.3, -0.25) is 9.59 Å². The van der Waals surface area contributed by atoms with Crippen molar-refractivity contribution in [3.05, 3.63) is 60.7 Å². The Hall–Kier alpha value is -2.36. The van der Waals surface area contributed by atoms with Crippen LogP contribution in [0.1, 0.15) is 24.8 Å². The van der Waals surface area contributed by atoms with Gasteiger partial charge in [-0.25, -0.2) is 0 Å². The summed E-state index contributed by atoms with van der Waals surface area (Å²) in [5.74, 6) is -0.791. The first-order valence-electron chi connectivity index (χ1n) is 6.85. The van der Waals surface area contributed by atoms with Crippen molar-refractivity contribution in [1.29, 1.82) is 0 Å². The molecular formula is C17H20O4. The van der Waals surface area contributed by atoms with Crippen molar-refractivity contribution in [2.75, 3.05) is 6.61 Å². The van der Waals surface area contributed by atoms with Gasteiger partial charge in [0.25, 0.3) is 0 Å². The maximum atomic E-state index is 11.5. The van der Waals surface area contributed by atoms with Crippen LogP contribution in [0.4, 0.5) is 0 Å². The van der Waals surface area contributed by atoms with E-state index in [0.29, 0.717) is 13.0 Å². The van der Waals surface area contributed by atoms with Gasteiger partial charge in [0.2, 0.25) is 0 Å². The van der Waals surface area contributed by atoms with Gasteiger partial charge in [-0.05, 0) is 12.0 Å². The Balaban J connectivity index is 2.10. The molecule has 0 atom stereocenters. The maximum Gasteiger partial charge on any atom is 0.306 e. The third-order valence-corrected chi connectivity index (χ3v) is 2.60. The summed E-state index contributed by atoms with van der Waals surface area (Å²) < 4.78 is 10.0. The minimum Gasteiger partial charge on any atom is -0.465 e. The van der Waals surface area contributed by atoms with E-state index >= 15 is 0 Å². The highest BCUT2D eigenvalue weighted by atomic mass is 16.5. The largest absolute Gasteiger partial charge is 0.465 e. The molecule has 21 heavy (non-hydrogen) atoms. The number of esters is 2. The van der Waals surface area contributed by atoms with Crippen LogP contribution in [-0.4, -0.2) is 18.5 Å². The Labute approximate surface area is 125 Å². The molecule has 0 N–H and O–H groups in total. The van der Waals surface area contributed by atoms with Crippen molar-refractivity contribution in [3.8, 4) is 0 Å². The van der Waals surface area contributed by atoms with Crippen molar-refractivity contribution in [2.45, 2.75) is 25.9 Å².